The number of aromatic nitrogens is 3. The maximum Gasteiger partial charge on any atom is 0.165 e. The van der Waals surface area contributed by atoms with Crippen LogP contribution in [0.25, 0.3) is 22.3 Å². The molecule has 29 heavy (non-hydrogen) atoms. The highest BCUT2D eigenvalue weighted by atomic mass is 35.5. The van der Waals surface area contributed by atoms with E-state index < -0.39 is 0 Å². The highest BCUT2D eigenvalue weighted by Gasteiger charge is 2.24. The Bertz CT molecular complexity index is 1040. The summed E-state index contributed by atoms with van der Waals surface area (Å²) < 4.78 is 10.8. The van der Waals surface area contributed by atoms with Crippen LogP contribution in [0.15, 0.2) is 18.3 Å². The first-order valence-electron chi connectivity index (χ1n) is 9.22. The van der Waals surface area contributed by atoms with E-state index in [1.807, 2.05) is 0 Å². The van der Waals surface area contributed by atoms with Crippen LogP contribution in [0.1, 0.15) is 19.3 Å². The standard InChI is InChI=1S/C20H19Cl3N4O2/c1-28-13-9-14(29-2)18(23)16(17(13)22)19-25-12-10-24-15(21)8-11(12)20(26-19)27-6-4-3-5-7-27/h8-10H,3-7H2,1-2H3. The van der Waals surface area contributed by atoms with Gasteiger partial charge in [-0.3, -0.25) is 0 Å². The molecule has 0 atom stereocenters. The van der Waals surface area contributed by atoms with E-state index in [2.05, 4.69) is 14.9 Å². The Kier molecular flexibility index (Phi) is 5.86. The number of anilines is 1. The lowest BCUT2D eigenvalue weighted by atomic mass is 10.1. The van der Waals surface area contributed by atoms with Crippen LogP contribution in [-0.4, -0.2) is 42.3 Å². The Hall–Kier alpha value is -2.02. The zero-order valence-corrected chi connectivity index (χ0v) is 18.3. The molecule has 0 amide bonds. The van der Waals surface area contributed by atoms with Gasteiger partial charge in [0.1, 0.15) is 22.5 Å². The molecule has 152 valence electrons. The SMILES string of the molecule is COc1cc(OC)c(Cl)c(-c2nc(N3CCCCC3)c3cc(Cl)ncc3n2)c1Cl. The highest BCUT2D eigenvalue weighted by molar-refractivity contribution is 6.41. The van der Waals surface area contributed by atoms with Crippen LogP contribution in [0.5, 0.6) is 11.5 Å². The van der Waals surface area contributed by atoms with Crippen molar-refractivity contribution in [2.45, 2.75) is 19.3 Å². The molecule has 1 aliphatic heterocycles. The molecule has 1 fully saturated rings. The number of ether oxygens (including phenoxy) is 2. The molecule has 2 aromatic heterocycles. The van der Waals surface area contributed by atoms with Gasteiger partial charge >= 0.3 is 0 Å². The van der Waals surface area contributed by atoms with E-state index >= 15 is 0 Å². The number of halogens is 3. The molecule has 0 N–H and O–H groups in total. The van der Waals surface area contributed by atoms with Gasteiger partial charge in [-0.1, -0.05) is 34.8 Å². The molecule has 6 nitrogen and oxygen atoms in total. The van der Waals surface area contributed by atoms with E-state index in [4.69, 9.17) is 49.3 Å². The second kappa shape index (κ2) is 8.38. The number of piperidine rings is 1. The lowest BCUT2D eigenvalue weighted by Crippen LogP contribution is -2.30. The van der Waals surface area contributed by atoms with E-state index in [1.165, 1.54) is 20.6 Å². The van der Waals surface area contributed by atoms with Crippen molar-refractivity contribution in [1.29, 1.82) is 0 Å². The summed E-state index contributed by atoms with van der Waals surface area (Å²) in [6, 6.07) is 3.43. The summed E-state index contributed by atoms with van der Waals surface area (Å²) in [7, 11) is 3.06. The molecule has 0 bridgehead atoms. The van der Waals surface area contributed by atoms with Crippen LogP contribution in [0.4, 0.5) is 5.82 Å². The van der Waals surface area contributed by atoms with Crippen molar-refractivity contribution < 1.29 is 9.47 Å². The van der Waals surface area contributed by atoms with Crippen molar-refractivity contribution in [3.63, 3.8) is 0 Å². The van der Waals surface area contributed by atoms with Gasteiger partial charge in [-0.15, -0.1) is 0 Å². The average Bonchev–Trinajstić information content (AvgIpc) is 2.74. The molecule has 4 rings (SSSR count). The number of rotatable bonds is 4. The van der Waals surface area contributed by atoms with Gasteiger partial charge in [-0.25, -0.2) is 15.0 Å². The number of nitrogens with zero attached hydrogens (tertiary/aromatic N) is 4. The minimum Gasteiger partial charge on any atom is -0.495 e. The number of hydrogen-bond donors (Lipinski definition) is 0. The Labute approximate surface area is 183 Å². The minimum absolute atomic E-state index is 0.323. The Morgan fingerprint density at radius 3 is 2.17 bits per heavy atom. The summed E-state index contributed by atoms with van der Waals surface area (Å²) >= 11 is 19.3. The van der Waals surface area contributed by atoms with E-state index in [-0.39, 0.29) is 0 Å². The van der Waals surface area contributed by atoms with Gasteiger partial charge in [-0.2, -0.15) is 0 Å². The maximum absolute atomic E-state index is 6.60. The largest absolute Gasteiger partial charge is 0.495 e. The highest BCUT2D eigenvalue weighted by Crippen LogP contribution is 2.45. The van der Waals surface area contributed by atoms with Crippen LogP contribution >= 0.6 is 34.8 Å². The summed E-state index contributed by atoms with van der Waals surface area (Å²) in [5.41, 5.74) is 1.12. The number of hydrogen-bond acceptors (Lipinski definition) is 6. The molecule has 0 aliphatic carbocycles. The molecule has 3 aromatic rings. The first-order chi connectivity index (χ1) is 14.0. The quantitative estimate of drug-likeness (QED) is 0.475. The minimum atomic E-state index is 0.323. The first kappa shape index (κ1) is 20.3. The van der Waals surface area contributed by atoms with E-state index in [1.54, 1.807) is 18.3 Å². The summed E-state index contributed by atoms with van der Waals surface area (Å²) in [6.07, 6.45) is 5.05. The summed E-state index contributed by atoms with van der Waals surface area (Å²) in [5, 5.41) is 1.89. The molecular formula is C20H19Cl3N4O2. The van der Waals surface area contributed by atoms with Gasteiger partial charge in [0.05, 0.1) is 41.5 Å². The van der Waals surface area contributed by atoms with E-state index in [0.29, 0.717) is 43.6 Å². The Morgan fingerprint density at radius 1 is 0.897 bits per heavy atom. The molecule has 3 heterocycles. The smallest absolute Gasteiger partial charge is 0.165 e. The van der Waals surface area contributed by atoms with E-state index in [9.17, 15) is 0 Å². The monoisotopic (exact) mass is 452 g/mol. The molecule has 0 saturated carbocycles. The van der Waals surface area contributed by atoms with Gasteiger partial charge in [0.15, 0.2) is 5.82 Å². The molecule has 1 aliphatic rings. The van der Waals surface area contributed by atoms with Crippen molar-refractivity contribution in [2.24, 2.45) is 0 Å². The first-order valence-corrected chi connectivity index (χ1v) is 10.4. The summed E-state index contributed by atoms with van der Waals surface area (Å²) in [6.45, 7) is 1.82. The topological polar surface area (TPSA) is 60.4 Å². The van der Waals surface area contributed by atoms with Crippen molar-refractivity contribution in [1.82, 2.24) is 15.0 Å². The predicted molar refractivity (Wildman–Crippen MR) is 117 cm³/mol. The second-order valence-electron chi connectivity index (χ2n) is 6.73. The number of fused-ring (bicyclic) bond motifs is 1. The van der Waals surface area contributed by atoms with Crippen molar-refractivity contribution >= 4 is 51.5 Å². The van der Waals surface area contributed by atoms with Crippen LogP contribution in [0.3, 0.4) is 0 Å². The van der Waals surface area contributed by atoms with Gasteiger partial charge in [0, 0.05) is 24.5 Å². The summed E-state index contributed by atoms with van der Waals surface area (Å²) in [4.78, 5) is 16.0. The lowest BCUT2D eigenvalue weighted by molar-refractivity contribution is 0.395. The third kappa shape index (κ3) is 3.77. The van der Waals surface area contributed by atoms with Gasteiger partial charge in [0.2, 0.25) is 0 Å². The molecule has 0 spiro atoms. The molecule has 1 saturated heterocycles. The van der Waals surface area contributed by atoms with Crippen LogP contribution in [0.2, 0.25) is 15.2 Å². The molecule has 9 heteroatoms. The molecular weight excluding hydrogens is 435 g/mol. The van der Waals surface area contributed by atoms with Crippen molar-refractivity contribution in [3.05, 3.63) is 33.5 Å². The zero-order valence-electron chi connectivity index (χ0n) is 16.0. The van der Waals surface area contributed by atoms with Gasteiger partial charge in [0.25, 0.3) is 0 Å². The zero-order chi connectivity index (χ0) is 20.5. The lowest BCUT2D eigenvalue weighted by Gasteiger charge is -2.29. The number of pyridine rings is 1. The fraction of sp³-hybridized carbons (Fsp3) is 0.350. The second-order valence-corrected chi connectivity index (χ2v) is 7.87. The van der Waals surface area contributed by atoms with Gasteiger partial charge < -0.3 is 14.4 Å². The van der Waals surface area contributed by atoms with Crippen LogP contribution in [0, 0.1) is 0 Å². The van der Waals surface area contributed by atoms with E-state index in [0.717, 1.165) is 37.1 Å². The maximum atomic E-state index is 6.60. The number of methoxy groups -OCH3 is 2. The normalized spacial score (nSPS) is 14.3. The Morgan fingerprint density at radius 2 is 1.55 bits per heavy atom. The molecule has 1 aromatic carbocycles. The van der Waals surface area contributed by atoms with Crippen molar-refractivity contribution in [3.8, 4) is 22.9 Å². The fourth-order valence-electron chi connectivity index (χ4n) is 3.53. The number of benzene rings is 1. The molecule has 0 radical (unpaired) electrons. The summed E-state index contributed by atoms with van der Waals surface area (Å²) in [5.74, 6) is 2.04. The van der Waals surface area contributed by atoms with Gasteiger partial charge in [-0.05, 0) is 25.3 Å². The third-order valence-electron chi connectivity index (χ3n) is 4.98. The fourth-order valence-corrected chi connectivity index (χ4v) is 4.36. The predicted octanol–water partition coefficient (Wildman–Crippen LogP) is 5.66. The van der Waals surface area contributed by atoms with Crippen molar-refractivity contribution in [2.75, 3.05) is 32.2 Å². The average molecular weight is 454 g/mol. The van der Waals surface area contributed by atoms with Crippen LogP contribution < -0.4 is 14.4 Å². The third-order valence-corrected chi connectivity index (χ3v) is 5.94. The van der Waals surface area contributed by atoms with Crippen LogP contribution in [-0.2, 0) is 0 Å². The molecule has 0 unspecified atom stereocenters. The Balaban J connectivity index is 1.99.